The minimum absolute atomic E-state index is 0.000580. The normalized spacial score (nSPS) is 24.3. The highest BCUT2D eigenvalue weighted by Gasteiger charge is 2.24. The Morgan fingerprint density at radius 3 is 3.05 bits per heavy atom. The molecule has 1 heterocycles. The molecule has 112 valence electrons. The monoisotopic (exact) mass is 286 g/mol. The minimum atomic E-state index is -0.0271. The van der Waals surface area contributed by atoms with Crippen LogP contribution < -0.4 is 10.6 Å². The highest BCUT2D eigenvalue weighted by molar-refractivity contribution is 6.02. The predicted octanol–water partition coefficient (Wildman–Crippen LogP) is 2.88. The van der Waals surface area contributed by atoms with Gasteiger partial charge in [0.1, 0.15) is 0 Å². The van der Waals surface area contributed by atoms with Crippen LogP contribution in [-0.4, -0.2) is 17.9 Å². The Kier molecular flexibility index (Phi) is 3.95. The fourth-order valence-corrected chi connectivity index (χ4v) is 3.42. The van der Waals surface area contributed by atoms with Gasteiger partial charge >= 0.3 is 0 Å². The maximum atomic E-state index is 12.4. The number of benzene rings is 1. The van der Waals surface area contributed by atoms with E-state index in [-0.39, 0.29) is 11.8 Å². The third kappa shape index (κ3) is 3.09. The molecule has 0 radical (unpaired) electrons. The van der Waals surface area contributed by atoms with Crippen LogP contribution in [0.2, 0.25) is 0 Å². The number of fused-ring (bicyclic) bond motifs is 1. The van der Waals surface area contributed by atoms with Gasteiger partial charge in [0.2, 0.25) is 5.91 Å². The van der Waals surface area contributed by atoms with Crippen molar-refractivity contribution in [3.63, 3.8) is 0 Å². The van der Waals surface area contributed by atoms with Gasteiger partial charge < -0.3 is 10.6 Å². The lowest BCUT2D eigenvalue weighted by molar-refractivity contribution is -0.115. The van der Waals surface area contributed by atoms with Crippen LogP contribution in [0.15, 0.2) is 18.2 Å². The number of carbonyl (C=O) groups excluding carboxylic acids is 2. The zero-order chi connectivity index (χ0) is 14.8. The van der Waals surface area contributed by atoms with Gasteiger partial charge in [0.05, 0.1) is 6.42 Å². The van der Waals surface area contributed by atoms with Gasteiger partial charge in [0, 0.05) is 17.3 Å². The molecule has 0 aromatic heterocycles. The van der Waals surface area contributed by atoms with Crippen LogP contribution in [0.25, 0.3) is 0 Å². The van der Waals surface area contributed by atoms with Crippen LogP contribution in [0.3, 0.4) is 0 Å². The summed E-state index contributed by atoms with van der Waals surface area (Å²) in [6.45, 7) is 2.22. The Bertz CT molecular complexity index is 568. The third-order valence-electron chi connectivity index (χ3n) is 4.69. The minimum Gasteiger partial charge on any atom is -0.349 e. The zero-order valence-corrected chi connectivity index (χ0v) is 12.4. The predicted molar refractivity (Wildman–Crippen MR) is 82.3 cm³/mol. The molecule has 4 nitrogen and oxygen atoms in total. The third-order valence-corrected chi connectivity index (χ3v) is 4.69. The highest BCUT2D eigenvalue weighted by atomic mass is 16.2. The first-order valence-corrected chi connectivity index (χ1v) is 7.89. The van der Waals surface area contributed by atoms with E-state index >= 15 is 0 Å². The van der Waals surface area contributed by atoms with Gasteiger partial charge in [0.25, 0.3) is 5.91 Å². The van der Waals surface area contributed by atoms with E-state index in [2.05, 4.69) is 17.6 Å². The van der Waals surface area contributed by atoms with Crippen molar-refractivity contribution in [3.8, 4) is 0 Å². The molecule has 1 aliphatic carbocycles. The van der Waals surface area contributed by atoms with Crippen molar-refractivity contribution < 1.29 is 9.59 Å². The number of amides is 2. The van der Waals surface area contributed by atoms with Crippen molar-refractivity contribution in [2.24, 2.45) is 5.92 Å². The summed E-state index contributed by atoms with van der Waals surface area (Å²) in [5.41, 5.74) is 2.39. The van der Waals surface area contributed by atoms with Crippen LogP contribution >= 0.6 is 0 Å². The van der Waals surface area contributed by atoms with Crippen LogP contribution in [0.1, 0.15) is 54.9 Å². The second-order valence-corrected chi connectivity index (χ2v) is 6.21. The maximum Gasteiger partial charge on any atom is 0.251 e. The summed E-state index contributed by atoms with van der Waals surface area (Å²) in [7, 11) is 0. The number of nitrogens with one attached hydrogen (secondary N) is 2. The molecule has 3 rings (SSSR count). The Hall–Kier alpha value is -1.84. The highest BCUT2D eigenvalue weighted by Crippen LogP contribution is 2.27. The molecular formula is C17H22N2O2. The molecule has 2 unspecified atom stereocenters. The molecule has 2 atom stereocenters. The Morgan fingerprint density at radius 2 is 2.24 bits per heavy atom. The van der Waals surface area contributed by atoms with Crippen molar-refractivity contribution in [1.29, 1.82) is 0 Å². The Balaban J connectivity index is 1.66. The van der Waals surface area contributed by atoms with Gasteiger partial charge in [-0.05, 0) is 36.5 Å². The van der Waals surface area contributed by atoms with Crippen molar-refractivity contribution in [2.45, 2.75) is 51.5 Å². The fraction of sp³-hybridized carbons (Fsp3) is 0.529. The molecule has 0 bridgehead atoms. The Morgan fingerprint density at radius 1 is 1.38 bits per heavy atom. The summed E-state index contributed by atoms with van der Waals surface area (Å²) < 4.78 is 0. The van der Waals surface area contributed by atoms with Gasteiger partial charge in [0.15, 0.2) is 0 Å². The molecule has 0 saturated heterocycles. The summed E-state index contributed by atoms with van der Waals surface area (Å²) >= 11 is 0. The van der Waals surface area contributed by atoms with E-state index in [0.717, 1.165) is 30.0 Å². The smallest absolute Gasteiger partial charge is 0.251 e. The van der Waals surface area contributed by atoms with Crippen molar-refractivity contribution >= 4 is 17.5 Å². The summed E-state index contributed by atoms with van der Waals surface area (Å²) in [6.07, 6.45) is 6.25. The van der Waals surface area contributed by atoms with E-state index in [0.29, 0.717) is 18.0 Å². The summed E-state index contributed by atoms with van der Waals surface area (Å²) in [6, 6.07) is 5.77. The molecule has 2 aliphatic rings. The molecule has 21 heavy (non-hydrogen) atoms. The van der Waals surface area contributed by atoms with Gasteiger partial charge in [-0.15, -0.1) is 0 Å². The molecule has 2 N–H and O–H groups in total. The Labute approximate surface area is 125 Å². The van der Waals surface area contributed by atoms with Gasteiger partial charge in [-0.1, -0.05) is 32.3 Å². The van der Waals surface area contributed by atoms with E-state index in [1.165, 1.54) is 19.3 Å². The molecule has 0 spiro atoms. The standard InChI is InChI=1S/C17H22N2O2/c1-2-11-4-3-5-14(8-11)18-17(21)13-7-6-12-10-16(20)19-15(12)9-13/h6-7,9,11,14H,2-5,8,10H2,1H3,(H,18,21)(H,19,20). The first-order valence-electron chi connectivity index (χ1n) is 7.89. The topological polar surface area (TPSA) is 58.2 Å². The molecule has 1 aromatic rings. The molecule has 2 amide bonds. The van der Waals surface area contributed by atoms with Gasteiger partial charge in [-0.2, -0.15) is 0 Å². The largest absolute Gasteiger partial charge is 0.349 e. The van der Waals surface area contributed by atoms with Crippen molar-refractivity contribution in [2.75, 3.05) is 5.32 Å². The zero-order valence-electron chi connectivity index (χ0n) is 12.4. The summed E-state index contributed by atoms with van der Waals surface area (Å²) in [4.78, 5) is 23.7. The van der Waals surface area contributed by atoms with Crippen molar-refractivity contribution in [1.82, 2.24) is 5.32 Å². The van der Waals surface area contributed by atoms with Crippen LogP contribution in [0, 0.1) is 5.92 Å². The molecule has 4 heteroatoms. The lowest BCUT2D eigenvalue weighted by Crippen LogP contribution is -2.38. The van der Waals surface area contributed by atoms with Crippen LogP contribution in [-0.2, 0) is 11.2 Å². The molecule has 1 saturated carbocycles. The van der Waals surface area contributed by atoms with E-state index in [1.807, 2.05) is 12.1 Å². The maximum absolute atomic E-state index is 12.4. The fourth-order valence-electron chi connectivity index (χ4n) is 3.42. The van der Waals surface area contributed by atoms with Crippen LogP contribution in [0.5, 0.6) is 0 Å². The number of rotatable bonds is 3. The van der Waals surface area contributed by atoms with Crippen molar-refractivity contribution in [3.05, 3.63) is 29.3 Å². The first-order chi connectivity index (χ1) is 10.2. The lowest BCUT2D eigenvalue weighted by Gasteiger charge is -2.29. The average molecular weight is 286 g/mol. The molecule has 1 fully saturated rings. The number of carbonyl (C=O) groups is 2. The molecule has 1 aliphatic heterocycles. The molecular weight excluding hydrogens is 264 g/mol. The van der Waals surface area contributed by atoms with Gasteiger partial charge in [-0.3, -0.25) is 9.59 Å². The molecule has 1 aromatic carbocycles. The quantitative estimate of drug-likeness (QED) is 0.897. The first kappa shape index (κ1) is 14.1. The number of hydrogen-bond acceptors (Lipinski definition) is 2. The summed E-state index contributed by atoms with van der Waals surface area (Å²) in [5.74, 6) is 0.713. The average Bonchev–Trinajstić information content (AvgIpc) is 2.86. The number of hydrogen-bond donors (Lipinski definition) is 2. The van der Waals surface area contributed by atoms with E-state index in [4.69, 9.17) is 0 Å². The second-order valence-electron chi connectivity index (χ2n) is 6.21. The van der Waals surface area contributed by atoms with E-state index in [9.17, 15) is 9.59 Å². The van der Waals surface area contributed by atoms with Gasteiger partial charge in [-0.25, -0.2) is 0 Å². The van der Waals surface area contributed by atoms with Crippen LogP contribution in [0.4, 0.5) is 5.69 Å². The van der Waals surface area contributed by atoms with E-state index < -0.39 is 0 Å². The second kappa shape index (κ2) is 5.88. The number of anilines is 1. The lowest BCUT2D eigenvalue weighted by atomic mass is 9.84. The van der Waals surface area contributed by atoms with E-state index in [1.54, 1.807) is 6.07 Å². The summed E-state index contributed by atoms with van der Waals surface area (Å²) in [5, 5.41) is 5.94. The SMILES string of the molecule is CCC1CCCC(NC(=O)c2ccc3c(c2)NC(=O)C3)C1.